The summed E-state index contributed by atoms with van der Waals surface area (Å²) < 4.78 is 34.6. The van der Waals surface area contributed by atoms with Crippen LogP contribution in [0.1, 0.15) is 61.0 Å². The van der Waals surface area contributed by atoms with Crippen molar-refractivity contribution in [1.82, 2.24) is 9.29 Å². The molecule has 1 atom stereocenters. The van der Waals surface area contributed by atoms with E-state index in [2.05, 4.69) is 26.0 Å². The Morgan fingerprint density at radius 3 is 2.50 bits per heavy atom. The minimum absolute atomic E-state index is 0.0410. The van der Waals surface area contributed by atoms with Gasteiger partial charge in [0.05, 0.1) is 27.8 Å². The number of thiazole rings is 1. The van der Waals surface area contributed by atoms with E-state index in [4.69, 9.17) is 9.72 Å². The molecule has 1 saturated heterocycles. The lowest BCUT2D eigenvalue weighted by molar-refractivity contribution is 0.0917. The van der Waals surface area contributed by atoms with Gasteiger partial charge in [0.2, 0.25) is 10.0 Å². The molecule has 0 bridgehead atoms. The predicted molar refractivity (Wildman–Crippen MR) is 146 cm³/mol. The van der Waals surface area contributed by atoms with Crippen molar-refractivity contribution in [2.45, 2.75) is 64.4 Å². The lowest BCUT2D eigenvalue weighted by Crippen LogP contribution is -2.37. The quantitative estimate of drug-likeness (QED) is 0.344. The SMILES string of the molecule is CCCCN(CC)S(=O)(=O)c1ccc(C(=O)N(CC2CCCO2)c2nc3cc(C)c(C)cc3s2)cc1. The molecule has 2 heterocycles. The number of aryl methyl sites for hydroxylation is 2. The Kier molecular flexibility index (Phi) is 8.44. The number of rotatable bonds is 10. The van der Waals surface area contributed by atoms with E-state index in [0.717, 1.165) is 41.5 Å². The highest BCUT2D eigenvalue weighted by atomic mass is 32.2. The lowest BCUT2D eigenvalue weighted by Gasteiger charge is -2.23. The number of ether oxygens (including phenoxy) is 1. The number of anilines is 1. The van der Waals surface area contributed by atoms with E-state index in [0.29, 0.717) is 36.9 Å². The summed E-state index contributed by atoms with van der Waals surface area (Å²) in [4.78, 5) is 20.4. The van der Waals surface area contributed by atoms with Crippen molar-refractivity contribution in [2.75, 3.05) is 31.1 Å². The van der Waals surface area contributed by atoms with Crippen LogP contribution in [-0.2, 0) is 14.8 Å². The number of hydrogen-bond donors (Lipinski definition) is 0. The van der Waals surface area contributed by atoms with Crippen molar-refractivity contribution >= 4 is 42.6 Å². The second-order valence-electron chi connectivity index (χ2n) is 9.33. The van der Waals surface area contributed by atoms with Crippen LogP contribution in [0.5, 0.6) is 0 Å². The number of amides is 1. The van der Waals surface area contributed by atoms with Crippen molar-refractivity contribution in [1.29, 1.82) is 0 Å². The van der Waals surface area contributed by atoms with Crippen molar-refractivity contribution in [3.63, 3.8) is 0 Å². The molecule has 0 saturated carbocycles. The van der Waals surface area contributed by atoms with E-state index in [1.807, 2.05) is 13.8 Å². The third-order valence-electron chi connectivity index (χ3n) is 6.73. The largest absolute Gasteiger partial charge is 0.376 e. The van der Waals surface area contributed by atoms with Gasteiger partial charge < -0.3 is 4.74 Å². The zero-order valence-corrected chi connectivity index (χ0v) is 23.1. The average Bonchev–Trinajstić information content (AvgIpc) is 3.52. The van der Waals surface area contributed by atoms with E-state index in [1.54, 1.807) is 17.0 Å². The van der Waals surface area contributed by atoms with E-state index >= 15 is 0 Å². The highest BCUT2D eigenvalue weighted by molar-refractivity contribution is 7.89. The first-order chi connectivity index (χ1) is 17.2. The molecule has 194 valence electrons. The normalized spacial score (nSPS) is 16.2. The first kappa shape index (κ1) is 26.7. The summed E-state index contributed by atoms with van der Waals surface area (Å²) in [6, 6.07) is 10.4. The van der Waals surface area contributed by atoms with Crippen molar-refractivity contribution in [3.8, 4) is 0 Å². The third-order valence-corrected chi connectivity index (χ3v) is 9.76. The van der Waals surface area contributed by atoms with Crippen LogP contribution in [0, 0.1) is 13.8 Å². The van der Waals surface area contributed by atoms with Gasteiger partial charge in [0.25, 0.3) is 5.91 Å². The summed E-state index contributed by atoms with van der Waals surface area (Å²) >= 11 is 1.49. The molecule has 9 heteroatoms. The summed E-state index contributed by atoms with van der Waals surface area (Å²) in [5.74, 6) is -0.208. The molecule has 3 aromatic rings. The summed E-state index contributed by atoms with van der Waals surface area (Å²) in [5, 5.41) is 0.629. The van der Waals surface area contributed by atoms with Gasteiger partial charge in [-0.3, -0.25) is 9.69 Å². The maximum Gasteiger partial charge on any atom is 0.260 e. The molecule has 1 aromatic heterocycles. The fraction of sp³-hybridized carbons (Fsp3) is 0.481. The van der Waals surface area contributed by atoms with Gasteiger partial charge >= 0.3 is 0 Å². The van der Waals surface area contributed by atoms with E-state index in [-0.39, 0.29) is 16.9 Å². The topological polar surface area (TPSA) is 79.8 Å². The Balaban J connectivity index is 1.64. The molecule has 7 nitrogen and oxygen atoms in total. The number of benzene rings is 2. The van der Waals surface area contributed by atoms with E-state index in [9.17, 15) is 13.2 Å². The third kappa shape index (κ3) is 5.64. The number of unbranched alkanes of at least 4 members (excludes halogenated alkanes) is 1. The van der Waals surface area contributed by atoms with Crippen molar-refractivity contribution in [2.24, 2.45) is 0 Å². The fourth-order valence-electron chi connectivity index (χ4n) is 4.38. The number of carbonyl (C=O) groups excluding carboxylic acids is 1. The predicted octanol–water partition coefficient (Wildman–Crippen LogP) is 5.55. The van der Waals surface area contributed by atoms with Gasteiger partial charge in [0.15, 0.2) is 5.13 Å². The number of sulfonamides is 1. The zero-order valence-electron chi connectivity index (χ0n) is 21.5. The Hall–Kier alpha value is -2.33. The molecule has 0 spiro atoms. The molecule has 1 aliphatic heterocycles. The van der Waals surface area contributed by atoms with Crippen LogP contribution in [0.3, 0.4) is 0 Å². The molecule has 1 unspecified atom stereocenters. The van der Waals surface area contributed by atoms with Gasteiger partial charge in [0, 0.05) is 25.3 Å². The molecular weight excluding hydrogens is 494 g/mol. The van der Waals surface area contributed by atoms with Crippen LogP contribution >= 0.6 is 11.3 Å². The average molecular weight is 530 g/mol. The van der Waals surface area contributed by atoms with Gasteiger partial charge in [-0.1, -0.05) is 31.6 Å². The van der Waals surface area contributed by atoms with Crippen LogP contribution in [-0.4, -0.2) is 56.0 Å². The monoisotopic (exact) mass is 529 g/mol. The van der Waals surface area contributed by atoms with Crippen molar-refractivity contribution < 1.29 is 17.9 Å². The van der Waals surface area contributed by atoms with Crippen LogP contribution < -0.4 is 4.90 Å². The van der Waals surface area contributed by atoms with Gasteiger partial charge in [-0.2, -0.15) is 4.31 Å². The molecule has 1 amide bonds. The van der Waals surface area contributed by atoms with E-state index < -0.39 is 10.0 Å². The smallest absolute Gasteiger partial charge is 0.260 e. The summed E-state index contributed by atoms with van der Waals surface area (Å²) in [5.41, 5.74) is 3.64. The molecular formula is C27H35N3O4S2. The molecule has 1 aliphatic rings. The fourth-order valence-corrected chi connectivity index (χ4v) is 6.92. The first-order valence-corrected chi connectivity index (χ1v) is 14.9. The minimum Gasteiger partial charge on any atom is -0.376 e. The molecule has 0 aliphatic carbocycles. The Bertz CT molecular complexity index is 1270. The number of carbonyl (C=O) groups is 1. The van der Waals surface area contributed by atoms with Gasteiger partial charge in [-0.25, -0.2) is 13.4 Å². The maximum atomic E-state index is 13.7. The second kappa shape index (κ2) is 11.4. The van der Waals surface area contributed by atoms with Gasteiger partial charge in [0.1, 0.15) is 0 Å². The Morgan fingerprint density at radius 2 is 1.86 bits per heavy atom. The lowest BCUT2D eigenvalue weighted by atomic mass is 10.1. The number of hydrogen-bond acceptors (Lipinski definition) is 6. The number of nitrogens with zero attached hydrogens (tertiary/aromatic N) is 3. The number of fused-ring (bicyclic) bond motifs is 1. The maximum absolute atomic E-state index is 13.7. The summed E-state index contributed by atoms with van der Waals surface area (Å²) in [6.45, 7) is 10.0. The highest BCUT2D eigenvalue weighted by Gasteiger charge is 2.28. The highest BCUT2D eigenvalue weighted by Crippen LogP contribution is 2.32. The molecule has 2 aromatic carbocycles. The second-order valence-corrected chi connectivity index (χ2v) is 12.3. The van der Waals surface area contributed by atoms with Crippen LogP contribution in [0.2, 0.25) is 0 Å². The Labute approximate surface area is 218 Å². The molecule has 36 heavy (non-hydrogen) atoms. The molecule has 0 N–H and O–H groups in total. The standard InChI is InChI=1S/C27H35N3O4S2/c1-5-7-14-29(6-2)36(32,33)23-12-10-21(11-13-23)26(31)30(18-22-9-8-15-34-22)27-28-24-16-19(3)20(4)17-25(24)35-27/h10-13,16-17,22H,5-9,14-15,18H2,1-4H3. The number of aromatic nitrogens is 1. The zero-order chi connectivity index (χ0) is 25.9. The van der Waals surface area contributed by atoms with Gasteiger partial charge in [-0.05, 0) is 80.6 Å². The molecule has 1 fully saturated rings. The Morgan fingerprint density at radius 1 is 1.14 bits per heavy atom. The van der Waals surface area contributed by atoms with Crippen molar-refractivity contribution in [3.05, 3.63) is 53.1 Å². The minimum atomic E-state index is -3.60. The summed E-state index contributed by atoms with van der Waals surface area (Å²) in [6.07, 6.45) is 3.56. The van der Waals surface area contributed by atoms with Crippen LogP contribution in [0.25, 0.3) is 10.2 Å². The first-order valence-electron chi connectivity index (χ1n) is 12.7. The van der Waals surface area contributed by atoms with Crippen LogP contribution in [0.4, 0.5) is 5.13 Å². The molecule has 4 rings (SSSR count). The molecule has 0 radical (unpaired) electrons. The van der Waals surface area contributed by atoms with E-state index in [1.165, 1.54) is 33.3 Å². The summed E-state index contributed by atoms with van der Waals surface area (Å²) in [7, 11) is -3.60. The van der Waals surface area contributed by atoms with Gasteiger partial charge in [-0.15, -0.1) is 0 Å². The van der Waals surface area contributed by atoms with Crippen LogP contribution in [0.15, 0.2) is 41.3 Å².